The van der Waals surface area contributed by atoms with Gasteiger partial charge in [-0.1, -0.05) is 19.4 Å². The van der Waals surface area contributed by atoms with Crippen molar-refractivity contribution in [2.24, 2.45) is 5.73 Å². The second kappa shape index (κ2) is 7.79. The Balaban J connectivity index is 2.61. The van der Waals surface area contributed by atoms with E-state index >= 15 is 0 Å². The van der Waals surface area contributed by atoms with E-state index in [0.717, 1.165) is 18.4 Å². The molecule has 0 aliphatic carbocycles. The summed E-state index contributed by atoms with van der Waals surface area (Å²) < 4.78 is 5.08. The van der Waals surface area contributed by atoms with Crippen LogP contribution in [0.3, 0.4) is 0 Å². The molecule has 100 valence electrons. The monoisotopic (exact) mass is 251 g/mol. The predicted molar refractivity (Wildman–Crippen MR) is 70.2 cm³/mol. The van der Waals surface area contributed by atoms with E-state index in [1.165, 1.54) is 0 Å². The maximum absolute atomic E-state index is 11.9. The molecule has 3 N–H and O–H groups in total. The van der Waals surface area contributed by atoms with Crippen molar-refractivity contribution in [1.82, 2.24) is 10.3 Å². The maximum atomic E-state index is 11.9. The average Bonchev–Trinajstić information content (AvgIpc) is 2.39. The standard InChI is InChI=1S/C13H21N3O2/c1-3-4-11(9-18-2)16-13(17)12-6-5-10(7-14)8-15-12/h5-6,8,11H,3-4,7,9,14H2,1-2H3,(H,16,17). The summed E-state index contributed by atoms with van der Waals surface area (Å²) in [5.41, 5.74) is 6.80. The van der Waals surface area contributed by atoms with E-state index in [9.17, 15) is 4.79 Å². The Morgan fingerprint density at radius 2 is 2.33 bits per heavy atom. The van der Waals surface area contributed by atoms with Crippen LogP contribution in [0, 0.1) is 0 Å². The van der Waals surface area contributed by atoms with E-state index in [4.69, 9.17) is 10.5 Å². The third-order valence-electron chi connectivity index (χ3n) is 2.63. The molecule has 1 atom stereocenters. The van der Waals surface area contributed by atoms with Gasteiger partial charge in [0, 0.05) is 19.9 Å². The highest BCUT2D eigenvalue weighted by Crippen LogP contribution is 2.02. The molecule has 5 nitrogen and oxygen atoms in total. The van der Waals surface area contributed by atoms with Gasteiger partial charge < -0.3 is 15.8 Å². The second-order valence-corrected chi connectivity index (χ2v) is 4.17. The van der Waals surface area contributed by atoms with Gasteiger partial charge in [-0.15, -0.1) is 0 Å². The van der Waals surface area contributed by atoms with Crippen LogP contribution in [-0.2, 0) is 11.3 Å². The van der Waals surface area contributed by atoms with E-state index in [-0.39, 0.29) is 11.9 Å². The summed E-state index contributed by atoms with van der Waals surface area (Å²) >= 11 is 0. The summed E-state index contributed by atoms with van der Waals surface area (Å²) in [6.07, 6.45) is 3.51. The Kier molecular flexibility index (Phi) is 6.32. The van der Waals surface area contributed by atoms with E-state index in [0.29, 0.717) is 18.8 Å². The van der Waals surface area contributed by atoms with Crippen LogP contribution in [0.1, 0.15) is 35.8 Å². The molecular formula is C13H21N3O2. The number of nitrogens with zero attached hydrogens (tertiary/aromatic N) is 1. The van der Waals surface area contributed by atoms with Crippen molar-refractivity contribution in [2.75, 3.05) is 13.7 Å². The van der Waals surface area contributed by atoms with E-state index < -0.39 is 0 Å². The number of pyridine rings is 1. The molecule has 1 heterocycles. The zero-order valence-electron chi connectivity index (χ0n) is 11.0. The Hall–Kier alpha value is -1.46. The lowest BCUT2D eigenvalue weighted by Gasteiger charge is -2.16. The molecule has 0 saturated carbocycles. The molecular weight excluding hydrogens is 230 g/mol. The fourth-order valence-electron chi connectivity index (χ4n) is 1.69. The molecule has 1 rings (SSSR count). The van der Waals surface area contributed by atoms with Gasteiger partial charge in [0.05, 0.1) is 12.6 Å². The lowest BCUT2D eigenvalue weighted by atomic mass is 10.1. The maximum Gasteiger partial charge on any atom is 0.270 e. The van der Waals surface area contributed by atoms with Gasteiger partial charge in [0.25, 0.3) is 5.91 Å². The second-order valence-electron chi connectivity index (χ2n) is 4.17. The molecule has 1 unspecified atom stereocenters. The van der Waals surface area contributed by atoms with Crippen molar-refractivity contribution in [1.29, 1.82) is 0 Å². The highest BCUT2D eigenvalue weighted by molar-refractivity contribution is 5.92. The van der Waals surface area contributed by atoms with Crippen LogP contribution in [0.2, 0.25) is 0 Å². The van der Waals surface area contributed by atoms with E-state index in [1.54, 1.807) is 19.4 Å². The summed E-state index contributed by atoms with van der Waals surface area (Å²) in [5, 5.41) is 2.91. The first kappa shape index (κ1) is 14.6. The third-order valence-corrected chi connectivity index (χ3v) is 2.63. The van der Waals surface area contributed by atoms with Gasteiger partial charge in [0.2, 0.25) is 0 Å². The van der Waals surface area contributed by atoms with Crippen LogP contribution >= 0.6 is 0 Å². The van der Waals surface area contributed by atoms with Gasteiger partial charge in [-0.3, -0.25) is 9.78 Å². The normalized spacial score (nSPS) is 12.2. The minimum absolute atomic E-state index is 0.0310. The number of hydrogen-bond acceptors (Lipinski definition) is 4. The Labute approximate surface area is 108 Å². The molecule has 0 aliphatic heterocycles. The quantitative estimate of drug-likeness (QED) is 0.760. The van der Waals surface area contributed by atoms with Crippen LogP contribution in [0.5, 0.6) is 0 Å². The van der Waals surface area contributed by atoms with Crippen molar-refractivity contribution in [3.05, 3.63) is 29.6 Å². The van der Waals surface area contributed by atoms with Crippen molar-refractivity contribution in [3.63, 3.8) is 0 Å². The summed E-state index contributed by atoms with van der Waals surface area (Å²) in [6.45, 7) is 3.01. The van der Waals surface area contributed by atoms with E-state index in [2.05, 4.69) is 17.2 Å². The SMILES string of the molecule is CCCC(COC)NC(=O)c1ccc(CN)cn1. The fraction of sp³-hybridized carbons (Fsp3) is 0.538. The molecule has 0 aliphatic rings. The van der Waals surface area contributed by atoms with Gasteiger partial charge in [0.1, 0.15) is 5.69 Å². The van der Waals surface area contributed by atoms with E-state index in [1.807, 2.05) is 6.07 Å². The first-order valence-electron chi connectivity index (χ1n) is 6.16. The number of nitrogens with one attached hydrogen (secondary N) is 1. The summed E-state index contributed by atoms with van der Waals surface area (Å²) in [6, 6.07) is 3.53. The number of carbonyl (C=O) groups is 1. The van der Waals surface area contributed by atoms with Crippen molar-refractivity contribution in [2.45, 2.75) is 32.4 Å². The number of nitrogens with two attached hydrogens (primary N) is 1. The summed E-state index contributed by atoms with van der Waals surface area (Å²) in [4.78, 5) is 16.0. The summed E-state index contributed by atoms with van der Waals surface area (Å²) in [7, 11) is 1.63. The molecule has 0 spiro atoms. The molecule has 0 saturated heterocycles. The van der Waals surface area contributed by atoms with Gasteiger partial charge in [-0.25, -0.2) is 0 Å². The van der Waals surface area contributed by atoms with Crippen LogP contribution < -0.4 is 11.1 Å². The Morgan fingerprint density at radius 3 is 2.83 bits per heavy atom. The Bertz CT molecular complexity index is 359. The number of aromatic nitrogens is 1. The number of ether oxygens (including phenoxy) is 1. The van der Waals surface area contributed by atoms with Crippen molar-refractivity contribution in [3.8, 4) is 0 Å². The van der Waals surface area contributed by atoms with Gasteiger partial charge >= 0.3 is 0 Å². The zero-order chi connectivity index (χ0) is 13.4. The first-order valence-corrected chi connectivity index (χ1v) is 6.16. The van der Waals surface area contributed by atoms with Crippen molar-refractivity contribution < 1.29 is 9.53 Å². The average molecular weight is 251 g/mol. The highest BCUT2D eigenvalue weighted by Gasteiger charge is 2.13. The van der Waals surface area contributed by atoms with Gasteiger partial charge in [-0.2, -0.15) is 0 Å². The number of rotatable bonds is 7. The smallest absolute Gasteiger partial charge is 0.270 e. The molecule has 1 amide bonds. The minimum atomic E-state index is -0.172. The molecule has 5 heteroatoms. The number of methoxy groups -OCH3 is 1. The topological polar surface area (TPSA) is 77.2 Å². The number of carbonyl (C=O) groups excluding carboxylic acids is 1. The molecule has 18 heavy (non-hydrogen) atoms. The number of amides is 1. The highest BCUT2D eigenvalue weighted by atomic mass is 16.5. The van der Waals surface area contributed by atoms with Gasteiger partial charge in [0.15, 0.2) is 0 Å². The molecule has 1 aromatic heterocycles. The third kappa shape index (κ3) is 4.43. The minimum Gasteiger partial charge on any atom is -0.383 e. The van der Waals surface area contributed by atoms with Crippen LogP contribution in [0.15, 0.2) is 18.3 Å². The predicted octanol–water partition coefficient (Wildman–Crippen LogP) is 1.09. The lowest BCUT2D eigenvalue weighted by molar-refractivity contribution is 0.0886. The molecule has 0 aromatic carbocycles. The molecule has 0 bridgehead atoms. The zero-order valence-corrected chi connectivity index (χ0v) is 11.0. The van der Waals surface area contributed by atoms with Crippen LogP contribution in [0.4, 0.5) is 0 Å². The van der Waals surface area contributed by atoms with Gasteiger partial charge in [-0.05, 0) is 18.1 Å². The summed E-state index contributed by atoms with van der Waals surface area (Å²) in [5.74, 6) is -0.172. The molecule has 0 fully saturated rings. The molecule has 0 radical (unpaired) electrons. The molecule has 1 aromatic rings. The van der Waals surface area contributed by atoms with Crippen LogP contribution in [0.25, 0.3) is 0 Å². The first-order chi connectivity index (χ1) is 8.71. The van der Waals surface area contributed by atoms with Crippen molar-refractivity contribution >= 4 is 5.91 Å². The Morgan fingerprint density at radius 1 is 1.56 bits per heavy atom. The number of hydrogen-bond donors (Lipinski definition) is 2. The lowest BCUT2D eigenvalue weighted by Crippen LogP contribution is -2.38. The fourth-order valence-corrected chi connectivity index (χ4v) is 1.69. The largest absolute Gasteiger partial charge is 0.383 e. The van der Waals surface area contributed by atoms with Crippen LogP contribution in [-0.4, -0.2) is 30.6 Å².